The van der Waals surface area contributed by atoms with Crippen LogP contribution in [0.1, 0.15) is 26.3 Å². The molecule has 1 unspecified atom stereocenters. The fourth-order valence-electron chi connectivity index (χ4n) is 2.22. The Bertz CT molecular complexity index is 392. The van der Waals surface area contributed by atoms with Crippen molar-refractivity contribution >= 4 is 6.09 Å². The van der Waals surface area contributed by atoms with Gasteiger partial charge in [-0.25, -0.2) is 4.79 Å². The Morgan fingerprint density at radius 1 is 1.53 bits per heavy atom. The van der Waals surface area contributed by atoms with Gasteiger partial charge in [0.1, 0.15) is 6.10 Å². The van der Waals surface area contributed by atoms with Crippen molar-refractivity contribution in [1.82, 2.24) is 9.88 Å². The zero-order valence-electron chi connectivity index (χ0n) is 10.5. The molecule has 1 amide bonds. The Hall–Kier alpha value is -1.58. The number of carbonyl (C=O) groups is 1. The molecular weight excluding hydrogens is 216 g/mol. The minimum atomic E-state index is -0.222. The van der Waals surface area contributed by atoms with Crippen LogP contribution < -0.4 is 0 Å². The number of rotatable bonds is 3. The summed E-state index contributed by atoms with van der Waals surface area (Å²) in [7, 11) is 0. The van der Waals surface area contributed by atoms with E-state index in [0.29, 0.717) is 12.5 Å². The van der Waals surface area contributed by atoms with Crippen molar-refractivity contribution in [1.29, 1.82) is 0 Å². The second-order valence-corrected chi connectivity index (χ2v) is 4.82. The molecule has 0 bridgehead atoms. The van der Waals surface area contributed by atoms with Crippen LogP contribution in [0.3, 0.4) is 0 Å². The van der Waals surface area contributed by atoms with Gasteiger partial charge in [0.25, 0.3) is 0 Å². The number of amides is 1. The molecule has 1 fully saturated rings. The van der Waals surface area contributed by atoms with Crippen LogP contribution in [0.2, 0.25) is 0 Å². The van der Waals surface area contributed by atoms with Gasteiger partial charge in [-0.3, -0.25) is 9.88 Å². The van der Waals surface area contributed by atoms with E-state index in [0.717, 1.165) is 5.56 Å². The highest BCUT2D eigenvalue weighted by molar-refractivity contribution is 5.70. The predicted octanol–water partition coefficient (Wildman–Crippen LogP) is 2.45. The number of nitrogens with zero attached hydrogens (tertiary/aromatic N) is 2. The summed E-state index contributed by atoms with van der Waals surface area (Å²) in [6.45, 7) is 6.74. The van der Waals surface area contributed by atoms with Crippen LogP contribution in [-0.4, -0.2) is 28.1 Å². The number of hydrogen-bond donors (Lipinski definition) is 0. The highest BCUT2D eigenvalue weighted by atomic mass is 16.6. The third kappa shape index (κ3) is 2.40. The molecule has 0 aliphatic carbocycles. The summed E-state index contributed by atoms with van der Waals surface area (Å²) in [6, 6.07) is 3.96. The molecule has 0 N–H and O–H groups in total. The summed E-state index contributed by atoms with van der Waals surface area (Å²) in [5.74, 6) is 0.341. The molecule has 4 nitrogen and oxygen atoms in total. The maximum Gasteiger partial charge on any atom is 0.410 e. The van der Waals surface area contributed by atoms with Crippen molar-refractivity contribution in [3.8, 4) is 0 Å². The van der Waals surface area contributed by atoms with E-state index in [4.69, 9.17) is 4.74 Å². The van der Waals surface area contributed by atoms with Crippen LogP contribution in [0.5, 0.6) is 0 Å². The molecule has 1 aliphatic rings. The van der Waals surface area contributed by atoms with Gasteiger partial charge in [0.05, 0.1) is 12.6 Å². The van der Waals surface area contributed by atoms with E-state index in [1.807, 2.05) is 19.1 Å². The predicted molar refractivity (Wildman–Crippen MR) is 64.3 cm³/mol. The van der Waals surface area contributed by atoms with E-state index >= 15 is 0 Å². The summed E-state index contributed by atoms with van der Waals surface area (Å²) in [5.41, 5.74) is 1.03. The van der Waals surface area contributed by atoms with E-state index in [1.165, 1.54) is 0 Å². The smallest absolute Gasteiger partial charge is 0.410 e. The third-order valence-electron chi connectivity index (χ3n) is 3.17. The highest BCUT2D eigenvalue weighted by Gasteiger charge is 2.40. The topological polar surface area (TPSA) is 42.4 Å². The average molecular weight is 234 g/mol. The molecule has 4 heteroatoms. The Labute approximate surface area is 102 Å². The van der Waals surface area contributed by atoms with Gasteiger partial charge in [0.2, 0.25) is 0 Å². The molecule has 0 radical (unpaired) electrons. The van der Waals surface area contributed by atoms with Crippen LogP contribution in [0, 0.1) is 5.92 Å². The number of pyridine rings is 1. The summed E-state index contributed by atoms with van der Waals surface area (Å²) >= 11 is 0. The van der Waals surface area contributed by atoms with E-state index < -0.39 is 0 Å². The normalized spacial score (nSPS) is 24.2. The van der Waals surface area contributed by atoms with E-state index in [9.17, 15) is 4.79 Å². The second kappa shape index (κ2) is 4.73. The van der Waals surface area contributed by atoms with Gasteiger partial charge >= 0.3 is 6.09 Å². The molecule has 1 saturated heterocycles. The maximum absolute atomic E-state index is 11.8. The second-order valence-electron chi connectivity index (χ2n) is 4.82. The average Bonchev–Trinajstić information content (AvgIpc) is 2.58. The summed E-state index contributed by atoms with van der Waals surface area (Å²) < 4.78 is 5.39. The lowest BCUT2D eigenvalue weighted by Gasteiger charge is -2.22. The lowest BCUT2D eigenvalue weighted by Crippen LogP contribution is -2.35. The van der Waals surface area contributed by atoms with Gasteiger partial charge in [0.15, 0.2) is 0 Å². The molecule has 1 aromatic rings. The van der Waals surface area contributed by atoms with Crippen LogP contribution in [0.15, 0.2) is 24.5 Å². The zero-order chi connectivity index (χ0) is 12.4. The molecule has 92 valence electrons. The number of cyclic esters (lactones) is 1. The van der Waals surface area contributed by atoms with Gasteiger partial charge in [0, 0.05) is 12.4 Å². The van der Waals surface area contributed by atoms with Crippen LogP contribution in [-0.2, 0) is 11.3 Å². The van der Waals surface area contributed by atoms with Gasteiger partial charge in [-0.15, -0.1) is 0 Å². The van der Waals surface area contributed by atoms with Crippen molar-refractivity contribution in [2.45, 2.75) is 39.5 Å². The third-order valence-corrected chi connectivity index (χ3v) is 3.17. The van der Waals surface area contributed by atoms with Crippen molar-refractivity contribution in [2.24, 2.45) is 5.92 Å². The molecule has 2 atom stereocenters. The number of hydrogen-bond acceptors (Lipinski definition) is 3. The van der Waals surface area contributed by atoms with Crippen molar-refractivity contribution < 1.29 is 9.53 Å². The number of ether oxygens (including phenoxy) is 1. The van der Waals surface area contributed by atoms with Gasteiger partial charge < -0.3 is 4.74 Å². The number of carbonyl (C=O) groups excluding carboxylic acids is 1. The van der Waals surface area contributed by atoms with Crippen molar-refractivity contribution in [2.75, 3.05) is 0 Å². The fourth-order valence-corrected chi connectivity index (χ4v) is 2.22. The van der Waals surface area contributed by atoms with Gasteiger partial charge in [-0.05, 0) is 24.5 Å². The first-order chi connectivity index (χ1) is 8.09. The molecular formula is C13H18N2O2. The minimum Gasteiger partial charge on any atom is -0.444 e. The quantitative estimate of drug-likeness (QED) is 0.806. The van der Waals surface area contributed by atoms with Crippen LogP contribution >= 0.6 is 0 Å². The first kappa shape index (κ1) is 11.9. The summed E-state index contributed by atoms with van der Waals surface area (Å²) in [6.07, 6.45) is 3.27. The van der Waals surface area contributed by atoms with E-state index in [-0.39, 0.29) is 18.2 Å². The van der Waals surface area contributed by atoms with E-state index in [1.54, 1.807) is 17.3 Å². The maximum atomic E-state index is 11.8. The summed E-state index contributed by atoms with van der Waals surface area (Å²) in [4.78, 5) is 17.6. The molecule has 0 aromatic carbocycles. The minimum absolute atomic E-state index is 0.0147. The molecule has 2 rings (SSSR count). The molecule has 1 aliphatic heterocycles. The molecule has 17 heavy (non-hydrogen) atoms. The first-order valence-corrected chi connectivity index (χ1v) is 5.95. The molecule has 1 aromatic heterocycles. The van der Waals surface area contributed by atoms with Crippen molar-refractivity contribution in [3.05, 3.63) is 30.1 Å². The van der Waals surface area contributed by atoms with Gasteiger partial charge in [-0.2, -0.15) is 0 Å². The molecule has 2 heterocycles. The van der Waals surface area contributed by atoms with Gasteiger partial charge in [-0.1, -0.05) is 19.9 Å². The lowest BCUT2D eigenvalue weighted by molar-refractivity contribution is 0.104. The molecule has 0 saturated carbocycles. The lowest BCUT2D eigenvalue weighted by atomic mass is 10.0. The fraction of sp³-hybridized carbons (Fsp3) is 0.538. The van der Waals surface area contributed by atoms with Crippen LogP contribution in [0.4, 0.5) is 4.79 Å². The molecule has 0 spiro atoms. The largest absolute Gasteiger partial charge is 0.444 e. The Balaban J connectivity index is 2.09. The Morgan fingerprint density at radius 3 is 2.82 bits per heavy atom. The standard InChI is InChI=1S/C13H18N2O2/c1-9(2)12-10(3)15(13(16)17-12)8-11-5-4-6-14-7-11/h4-7,9-10,12H,8H2,1-3H3/t10-,12?/m1/s1. The van der Waals surface area contributed by atoms with Crippen molar-refractivity contribution in [3.63, 3.8) is 0 Å². The Kier molecular flexibility index (Phi) is 3.31. The summed E-state index contributed by atoms with van der Waals surface area (Å²) in [5, 5.41) is 0. The number of aromatic nitrogens is 1. The first-order valence-electron chi connectivity index (χ1n) is 5.95. The van der Waals surface area contributed by atoms with E-state index in [2.05, 4.69) is 18.8 Å². The van der Waals surface area contributed by atoms with Crippen LogP contribution in [0.25, 0.3) is 0 Å². The zero-order valence-corrected chi connectivity index (χ0v) is 10.5. The monoisotopic (exact) mass is 234 g/mol. The highest BCUT2D eigenvalue weighted by Crippen LogP contribution is 2.26. The SMILES string of the molecule is CC(C)C1OC(=O)N(Cc2cccnc2)[C@@H]1C. The Morgan fingerprint density at radius 2 is 2.29 bits per heavy atom.